The zero-order chi connectivity index (χ0) is 13.0. The molecule has 1 N–H and O–H groups in total. The number of hydrogen-bond acceptors (Lipinski definition) is 2. The van der Waals surface area contributed by atoms with Crippen LogP contribution in [-0.4, -0.2) is 37.6 Å². The Morgan fingerprint density at radius 2 is 2.06 bits per heavy atom. The van der Waals surface area contributed by atoms with E-state index in [1.807, 2.05) is 0 Å². The average molecular weight is 252 g/mol. The van der Waals surface area contributed by atoms with Crippen LogP contribution in [0.15, 0.2) is 0 Å². The molecule has 18 heavy (non-hydrogen) atoms. The van der Waals surface area contributed by atoms with Crippen LogP contribution in [0.1, 0.15) is 52.9 Å². The maximum Gasteiger partial charge on any atom is -0.00134 e. The molecule has 2 atom stereocenters. The highest BCUT2D eigenvalue weighted by atomic mass is 15.1. The molecule has 0 saturated carbocycles. The third kappa shape index (κ3) is 3.27. The molecule has 2 aliphatic rings. The Morgan fingerprint density at radius 3 is 2.78 bits per heavy atom. The second-order valence-corrected chi connectivity index (χ2v) is 6.93. The SMILES string of the molecule is CCN1CCCC2(CCNCC2CC(C)C)CC1. The molecule has 2 fully saturated rings. The first-order valence-electron chi connectivity index (χ1n) is 8.09. The van der Waals surface area contributed by atoms with Gasteiger partial charge >= 0.3 is 0 Å². The quantitative estimate of drug-likeness (QED) is 0.830. The van der Waals surface area contributed by atoms with Crippen molar-refractivity contribution in [3.63, 3.8) is 0 Å². The van der Waals surface area contributed by atoms with Crippen molar-refractivity contribution in [1.82, 2.24) is 10.2 Å². The maximum atomic E-state index is 3.64. The van der Waals surface area contributed by atoms with Crippen molar-refractivity contribution in [2.45, 2.75) is 52.9 Å². The van der Waals surface area contributed by atoms with E-state index in [-0.39, 0.29) is 0 Å². The van der Waals surface area contributed by atoms with Gasteiger partial charge < -0.3 is 10.2 Å². The van der Waals surface area contributed by atoms with E-state index in [4.69, 9.17) is 0 Å². The third-order valence-electron chi connectivity index (χ3n) is 5.33. The number of hydrogen-bond donors (Lipinski definition) is 1. The van der Waals surface area contributed by atoms with Gasteiger partial charge in [-0.1, -0.05) is 20.8 Å². The lowest BCUT2D eigenvalue weighted by Gasteiger charge is -2.45. The Balaban J connectivity index is 2.05. The molecule has 0 aromatic carbocycles. The molecule has 106 valence electrons. The van der Waals surface area contributed by atoms with Gasteiger partial charge in [-0.2, -0.15) is 0 Å². The summed E-state index contributed by atoms with van der Waals surface area (Å²) in [5, 5.41) is 3.64. The summed E-state index contributed by atoms with van der Waals surface area (Å²) in [5.74, 6) is 1.76. The lowest BCUT2D eigenvalue weighted by Crippen LogP contribution is -2.46. The first-order valence-corrected chi connectivity index (χ1v) is 8.09. The topological polar surface area (TPSA) is 15.3 Å². The van der Waals surface area contributed by atoms with Crippen molar-refractivity contribution in [1.29, 1.82) is 0 Å². The van der Waals surface area contributed by atoms with E-state index in [0.717, 1.165) is 11.8 Å². The summed E-state index contributed by atoms with van der Waals surface area (Å²) in [6.07, 6.45) is 7.17. The monoisotopic (exact) mass is 252 g/mol. The number of piperidine rings is 1. The molecule has 1 spiro atoms. The van der Waals surface area contributed by atoms with Crippen molar-refractivity contribution < 1.29 is 0 Å². The van der Waals surface area contributed by atoms with Crippen molar-refractivity contribution >= 4 is 0 Å². The first-order chi connectivity index (χ1) is 8.66. The summed E-state index contributed by atoms with van der Waals surface area (Å²) in [6.45, 7) is 13.5. The third-order valence-corrected chi connectivity index (χ3v) is 5.33. The highest BCUT2D eigenvalue weighted by Gasteiger charge is 2.41. The van der Waals surface area contributed by atoms with Gasteiger partial charge in [0.2, 0.25) is 0 Å². The highest BCUT2D eigenvalue weighted by Crippen LogP contribution is 2.45. The maximum absolute atomic E-state index is 3.64. The van der Waals surface area contributed by atoms with Crippen molar-refractivity contribution in [2.24, 2.45) is 17.3 Å². The molecule has 2 heteroatoms. The molecule has 0 aliphatic carbocycles. The molecule has 0 bridgehead atoms. The minimum atomic E-state index is 0.666. The van der Waals surface area contributed by atoms with E-state index in [0.29, 0.717) is 5.41 Å². The van der Waals surface area contributed by atoms with Gasteiger partial charge in [0, 0.05) is 0 Å². The largest absolute Gasteiger partial charge is 0.316 e. The predicted octanol–water partition coefficient (Wildman–Crippen LogP) is 3.13. The molecule has 2 aliphatic heterocycles. The first kappa shape index (κ1) is 14.3. The van der Waals surface area contributed by atoms with Gasteiger partial charge in [0.05, 0.1) is 0 Å². The molecular weight excluding hydrogens is 220 g/mol. The van der Waals surface area contributed by atoms with Crippen LogP contribution in [0.2, 0.25) is 0 Å². The van der Waals surface area contributed by atoms with Crippen molar-refractivity contribution in [2.75, 3.05) is 32.7 Å². The molecule has 0 aromatic rings. The van der Waals surface area contributed by atoms with Crippen LogP contribution >= 0.6 is 0 Å². The Morgan fingerprint density at radius 1 is 1.22 bits per heavy atom. The molecular formula is C16H32N2. The normalized spacial score (nSPS) is 35.0. The number of nitrogens with zero attached hydrogens (tertiary/aromatic N) is 1. The summed E-state index contributed by atoms with van der Waals surface area (Å²) >= 11 is 0. The van der Waals surface area contributed by atoms with Gasteiger partial charge in [-0.15, -0.1) is 0 Å². The standard InChI is InChI=1S/C16H32N2/c1-4-18-10-5-6-16(8-11-18)7-9-17-13-15(16)12-14(2)3/h14-15,17H,4-13H2,1-3H3. The van der Waals surface area contributed by atoms with E-state index in [2.05, 4.69) is 31.0 Å². The van der Waals surface area contributed by atoms with Gasteiger partial charge in [0.15, 0.2) is 0 Å². The number of rotatable bonds is 3. The van der Waals surface area contributed by atoms with E-state index in [9.17, 15) is 0 Å². The van der Waals surface area contributed by atoms with E-state index >= 15 is 0 Å². The molecule has 2 unspecified atom stereocenters. The van der Waals surface area contributed by atoms with E-state index in [1.54, 1.807) is 0 Å². The number of nitrogens with one attached hydrogen (secondary N) is 1. The molecule has 0 aromatic heterocycles. The lowest BCUT2D eigenvalue weighted by molar-refractivity contribution is 0.0708. The molecule has 0 radical (unpaired) electrons. The molecule has 2 saturated heterocycles. The Labute approximate surface area is 114 Å². The van der Waals surface area contributed by atoms with Gasteiger partial charge in [-0.3, -0.25) is 0 Å². The van der Waals surface area contributed by atoms with Crippen molar-refractivity contribution in [3.05, 3.63) is 0 Å². The second kappa shape index (κ2) is 6.38. The van der Waals surface area contributed by atoms with Gasteiger partial charge in [0.25, 0.3) is 0 Å². The minimum absolute atomic E-state index is 0.666. The Kier molecular flexibility index (Phi) is 5.08. The fraction of sp³-hybridized carbons (Fsp3) is 1.00. The molecule has 0 amide bonds. The molecule has 2 nitrogen and oxygen atoms in total. The van der Waals surface area contributed by atoms with Crippen LogP contribution in [0.4, 0.5) is 0 Å². The van der Waals surface area contributed by atoms with Gasteiger partial charge in [-0.25, -0.2) is 0 Å². The summed E-state index contributed by atoms with van der Waals surface area (Å²) < 4.78 is 0. The predicted molar refractivity (Wildman–Crippen MR) is 78.8 cm³/mol. The smallest absolute Gasteiger partial charge is 0.00134 e. The van der Waals surface area contributed by atoms with Crippen LogP contribution in [0.3, 0.4) is 0 Å². The van der Waals surface area contributed by atoms with Crippen LogP contribution < -0.4 is 5.32 Å². The Hall–Kier alpha value is -0.0800. The fourth-order valence-electron chi connectivity index (χ4n) is 4.18. The van der Waals surface area contributed by atoms with Gasteiger partial charge in [-0.05, 0) is 82.1 Å². The van der Waals surface area contributed by atoms with Crippen LogP contribution in [0.25, 0.3) is 0 Å². The van der Waals surface area contributed by atoms with Crippen molar-refractivity contribution in [3.8, 4) is 0 Å². The van der Waals surface area contributed by atoms with E-state index < -0.39 is 0 Å². The van der Waals surface area contributed by atoms with Crippen LogP contribution in [-0.2, 0) is 0 Å². The van der Waals surface area contributed by atoms with Gasteiger partial charge in [0.1, 0.15) is 0 Å². The molecule has 2 heterocycles. The lowest BCUT2D eigenvalue weighted by atomic mass is 9.64. The van der Waals surface area contributed by atoms with E-state index in [1.165, 1.54) is 64.8 Å². The second-order valence-electron chi connectivity index (χ2n) is 6.93. The Bertz CT molecular complexity index is 251. The fourth-order valence-corrected chi connectivity index (χ4v) is 4.18. The minimum Gasteiger partial charge on any atom is -0.316 e. The molecule has 2 rings (SSSR count). The number of likely N-dealkylation sites (tertiary alicyclic amines) is 1. The summed E-state index contributed by atoms with van der Waals surface area (Å²) in [4.78, 5) is 2.66. The zero-order valence-corrected chi connectivity index (χ0v) is 12.7. The highest BCUT2D eigenvalue weighted by molar-refractivity contribution is 4.94. The van der Waals surface area contributed by atoms with Crippen LogP contribution in [0, 0.1) is 17.3 Å². The summed E-state index contributed by atoms with van der Waals surface area (Å²) in [7, 11) is 0. The summed E-state index contributed by atoms with van der Waals surface area (Å²) in [6, 6.07) is 0. The van der Waals surface area contributed by atoms with Crippen LogP contribution in [0.5, 0.6) is 0 Å². The zero-order valence-electron chi connectivity index (χ0n) is 12.7. The average Bonchev–Trinajstić information content (AvgIpc) is 2.55. The summed E-state index contributed by atoms with van der Waals surface area (Å²) in [5.41, 5.74) is 0.666.